The molecular weight excluding hydrogens is 218 g/mol. The smallest absolute Gasteiger partial charge is 0.180 e. The van der Waals surface area contributed by atoms with Crippen molar-refractivity contribution in [3.05, 3.63) is 27.3 Å². The Bertz CT molecular complexity index is 430. The van der Waals surface area contributed by atoms with E-state index >= 15 is 0 Å². The number of nitrogens with zero attached hydrogens (tertiary/aromatic N) is 3. The lowest BCUT2D eigenvalue weighted by Crippen LogP contribution is -1.96. The molecule has 0 atom stereocenters. The molecule has 0 radical (unpaired) electrons. The van der Waals surface area contributed by atoms with E-state index < -0.39 is 0 Å². The molecule has 0 aliphatic carbocycles. The predicted octanol–water partition coefficient (Wildman–Crippen LogP) is 2.87. The Kier molecular flexibility index (Phi) is 2.48. The number of hydrogen-bond acceptors (Lipinski definition) is 4. The van der Waals surface area contributed by atoms with E-state index in [0.29, 0.717) is 11.0 Å². The Labute approximate surface area is 90.8 Å². The minimum atomic E-state index is 0.500. The first-order chi connectivity index (χ1) is 6.68. The maximum atomic E-state index is 5.96. The molecule has 2 aromatic heterocycles. The average molecular weight is 226 g/mol. The second-order valence-corrected chi connectivity index (χ2v) is 4.00. The van der Waals surface area contributed by atoms with E-state index in [4.69, 9.17) is 11.6 Å². The summed E-state index contributed by atoms with van der Waals surface area (Å²) < 4.78 is 0. The van der Waals surface area contributed by atoms with Crippen molar-refractivity contribution in [2.24, 2.45) is 0 Å². The Balaban J connectivity index is 2.57. The fraction of sp³-hybridized carbons (Fsp3) is 0.222. The van der Waals surface area contributed by atoms with E-state index in [9.17, 15) is 0 Å². The van der Waals surface area contributed by atoms with Gasteiger partial charge in [-0.3, -0.25) is 0 Å². The van der Waals surface area contributed by atoms with Crippen LogP contribution in [0.5, 0.6) is 0 Å². The summed E-state index contributed by atoms with van der Waals surface area (Å²) in [4.78, 5) is 12.6. The summed E-state index contributed by atoms with van der Waals surface area (Å²) in [6.07, 6.45) is 0. The van der Waals surface area contributed by atoms with Crippen LogP contribution < -0.4 is 0 Å². The fourth-order valence-electron chi connectivity index (χ4n) is 1.03. The predicted molar refractivity (Wildman–Crippen MR) is 57.6 cm³/mol. The van der Waals surface area contributed by atoms with E-state index in [-0.39, 0.29) is 0 Å². The normalized spacial score (nSPS) is 10.5. The number of aromatic nitrogens is 3. The summed E-state index contributed by atoms with van der Waals surface area (Å²) in [6.45, 7) is 3.82. The SMILES string of the molecule is Cc1nc(-c2cscn2)nc(Cl)c1C. The zero-order chi connectivity index (χ0) is 10.1. The van der Waals surface area contributed by atoms with Crippen molar-refractivity contribution in [3.63, 3.8) is 0 Å². The van der Waals surface area contributed by atoms with Crippen molar-refractivity contribution in [2.75, 3.05) is 0 Å². The second kappa shape index (κ2) is 3.63. The number of rotatable bonds is 1. The van der Waals surface area contributed by atoms with Gasteiger partial charge in [0.2, 0.25) is 0 Å². The van der Waals surface area contributed by atoms with Crippen LogP contribution in [0, 0.1) is 13.8 Å². The summed E-state index contributed by atoms with van der Waals surface area (Å²) in [7, 11) is 0. The maximum absolute atomic E-state index is 5.96. The van der Waals surface area contributed by atoms with Gasteiger partial charge in [0.15, 0.2) is 5.82 Å². The fourth-order valence-corrected chi connectivity index (χ4v) is 1.78. The van der Waals surface area contributed by atoms with Crippen LogP contribution in [-0.2, 0) is 0 Å². The van der Waals surface area contributed by atoms with E-state index in [1.165, 1.54) is 11.3 Å². The Morgan fingerprint density at radius 2 is 2.07 bits per heavy atom. The van der Waals surface area contributed by atoms with Gasteiger partial charge in [0, 0.05) is 16.6 Å². The largest absolute Gasteiger partial charge is 0.241 e. The van der Waals surface area contributed by atoms with Gasteiger partial charge in [0.25, 0.3) is 0 Å². The maximum Gasteiger partial charge on any atom is 0.180 e. The molecule has 0 amide bonds. The average Bonchev–Trinajstić information content (AvgIpc) is 2.66. The quantitative estimate of drug-likeness (QED) is 0.701. The van der Waals surface area contributed by atoms with Crippen molar-refractivity contribution in [2.45, 2.75) is 13.8 Å². The molecule has 0 unspecified atom stereocenters. The van der Waals surface area contributed by atoms with Gasteiger partial charge in [-0.05, 0) is 13.8 Å². The lowest BCUT2D eigenvalue weighted by molar-refractivity contribution is 1.06. The molecule has 0 fully saturated rings. The third kappa shape index (κ3) is 1.63. The van der Waals surface area contributed by atoms with Crippen molar-refractivity contribution in [3.8, 4) is 11.5 Å². The summed E-state index contributed by atoms with van der Waals surface area (Å²) >= 11 is 7.48. The molecule has 0 aliphatic heterocycles. The molecule has 14 heavy (non-hydrogen) atoms. The van der Waals surface area contributed by atoms with Gasteiger partial charge in [-0.1, -0.05) is 11.6 Å². The summed E-state index contributed by atoms with van der Waals surface area (Å²) in [6, 6.07) is 0. The van der Waals surface area contributed by atoms with Crippen LogP contribution in [0.3, 0.4) is 0 Å². The van der Waals surface area contributed by atoms with Crippen LogP contribution in [-0.4, -0.2) is 15.0 Å². The molecule has 0 saturated heterocycles. The first-order valence-corrected chi connectivity index (χ1v) is 5.40. The van der Waals surface area contributed by atoms with Crippen LogP contribution in [0.25, 0.3) is 11.5 Å². The highest BCUT2D eigenvalue weighted by Crippen LogP contribution is 2.20. The molecule has 2 rings (SSSR count). The van der Waals surface area contributed by atoms with Gasteiger partial charge in [0.1, 0.15) is 10.8 Å². The molecule has 0 N–H and O–H groups in total. The first kappa shape index (κ1) is 9.55. The van der Waals surface area contributed by atoms with Crippen LogP contribution in [0.1, 0.15) is 11.3 Å². The number of aryl methyl sites for hydroxylation is 1. The van der Waals surface area contributed by atoms with Crippen molar-refractivity contribution < 1.29 is 0 Å². The molecule has 0 aliphatic rings. The second-order valence-electron chi connectivity index (χ2n) is 2.92. The topological polar surface area (TPSA) is 38.7 Å². The summed E-state index contributed by atoms with van der Waals surface area (Å²) in [5, 5.41) is 2.40. The number of thiazole rings is 1. The van der Waals surface area contributed by atoms with E-state index in [2.05, 4.69) is 15.0 Å². The Morgan fingerprint density at radius 3 is 2.64 bits per heavy atom. The lowest BCUT2D eigenvalue weighted by atomic mass is 10.2. The molecule has 0 spiro atoms. The number of hydrogen-bond donors (Lipinski definition) is 0. The molecule has 5 heteroatoms. The molecule has 2 heterocycles. The summed E-state index contributed by atoms with van der Waals surface area (Å²) in [5.74, 6) is 0.597. The van der Waals surface area contributed by atoms with Gasteiger partial charge in [-0.25, -0.2) is 15.0 Å². The Hall–Kier alpha value is -1.00. The lowest BCUT2D eigenvalue weighted by Gasteiger charge is -2.03. The van der Waals surface area contributed by atoms with Gasteiger partial charge >= 0.3 is 0 Å². The van der Waals surface area contributed by atoms with Gasteiger partial charge in [-0.15, -0.1) is 11.3 Å². The van der Waals surface area contributed by atoms with Crippen molar-refractivity contribution in [1.29, 1.82) is 0 Å². The van der Waals surface area contributed by atoms with Crippen molar-refractivity contribution >= 4 is 22.9 Å². The molecule has 0 bridgehead atoms. The van der Waals surface area contributed by atoms with Crippen LogP contribution in [0.15, 0.2) is 10.9 Å². The highest BCUT2D eigenvalue weighted by atomic mass is 35.5. The van der Waals surface area contributed by atoms with Gasteiger partial charge < -0.3 is 0 Å². The van der Waals surface area contributed by atoms with E-state index in [1.54, 1.807) is 5.51 Å². The monoisotopic (exact) mass is 225 g/mol. The van der Waals surface area contributed by atoms with Crippen molar-refractivity contribution in [1.82, 2.24) is 15.0 Å². The van der Waals surface area contributed by atoms with E-state index in [0.717, 1.165) is 17.0 Å². The zero-order valence-electron chi connectivity index (χ0n) is 7.78. The molecular formula is C9H8ClN3S. The third-order valence-corrected chi connectivity index (χ3v) is 2.95. The highest BCUT2D eigenvalue weighted by Gasteiger charge is 2.08. The van der Waals surface area contributed by atoms with Crippen LogP contribution in [0.2, 0.25) is 5.15 Å². The molecule has 0 saturated carbocycles. The molecule has 0 aromatic carbocycles. The molecule has 3 nitrogen and oxygen atoms in total. The van der Waals surface area contributed by atoms with Crippen LogP contribution >= 0.6 is 22.9 Å². The standard InChI is InChI=1S/C9H8ClN3S/c1-5-6(2)12-9(13-8(5)10)7-3-14-4-11-7/h3-4H,1-2H3. The van der Waals surface area contributed by atoms with Crippen LogP contribution in [0.4, 0.5) is 0 Å². The van der Waals surface area contributed by atoms with E-state index in [1.807, 2.05) is 19.2 Å². The molecule has 2 aromatic rings. The first-order valence-electron chi connectivity index (χ1n) is 4.08. The van der Waals surface area contributed by atoms with Gasteiger partial charge in [0.05, 0.1) is 5.51 Å². The number of halogens is 1. The minimum absolute atomic E-state index is 0.500. The van der Waals surface area contributed by atoms with Gasteiger partial charge in [-0.2, -0.15) is 0 Å². The zero-order valence-corrected chi connectivity index (χ0v) is 9.35. The third-order valence-electron chi connectivity index (χ3n) is 1.99. The highest BCUT2D eigenvalue weighted by molar-refractivity contribution is 7.07. The minimum Gasteiger partial charge on any atom is -0.241 e. The Morgan fingerprint density at radius 1 is 1.29 bits per heavy atom. The summed E-state index contributed by atoms with van der Waals surface area (Å²) in [5.41, 5.74) is 4.35. The molecule has 72 valence electrons.